The van der Waals surface area contributed by atoms with E-state index in [0.717, 1.165) is 9.25 Å². The van der Waals surface area contributed by atoms with Crippen molar-refractivity contribution in [3.63, 3.8) is 0 Å². The fourth-order valence-corrected chi connectivity index (χ4v) is 2.66. The van der Waals surface area contributed by atoms with Gasteiger partial charge in [-0.2, -0.15) is 4.68 Å². The van der Waals surface area contributed by atoms with Crippen molar-refractivity contribution in [2.24, 2.45) is 0 Å². The van der Waals surface area contributed by atoms with Crippen molar-refractivity contribution >= 4 is 11.6 Å². The first-order chi connectivity index (χ1) is 13.9. The highest BCUT2D eigenvalue weighted by molar-refractivity contribution is 5.88. The van der Waals surface area contributed by atoms with Crippen molar-refractivity contribution < 1.29 is 14.3 Å². The van der Waals surface area contributed by atoms with E-state index in [1.54, 1.807) is 36.4 Å². The average molecular weight is 397 g/mol. The molecule has 3 rings (SSSR count). The van der Waals surface area contributed by atoms with Crippen LogP contribution in [0.15, 0.2) is 52.2 Å². The number of anilines is 1. The lowest BCUT2D eigenvalue weighted by Crippen LogP contribution is -2.41. The first-order valence-corrected chi connectivity index (χ1v) is 8.58. The van der Waals surface area contributed by atoms with Crippen LogP contribution in [-0.2, 0) is 11.3 Å². The summed E-state index contributed by atoms with van der Waals surface area (Å²) in [6.07, 6.45) is 1.51. The first-order valence-electron chi connectivity index (χ1n) is 8.58. The third-order valence-electron chi connectivity index (χ3n) is 3.98. The lowest BCUT2D eigenvalue weighted by Gasteiger charge is -2.12. The first kappa shape index (κ1) is 19.8. The van der Waals surface area contributed by atoms with Crippen molar-refractivity contribution in [1.29, 1.82) is 0 Å². The summed E-state index contributed by atoms with van der Waals surface area (Å²) in [6.45, 7) is 1.35. The van der Waals surface area contributed by atoms with E-state index in [4.69, 9.17) is 9.47 Å². The topological polar surface area (TPSA) is 117 Å². The molecule has 0 saturated carbocycles. The number of hydrogen-bond acceptors (Lipinski definition) is 7. The van der Waals surface area contributed by atoms with Crippen LogP contribution in [0.4, 0.5) is 5.69 Å². The molecule has 1 N–H and O–H groups in total. The molecule has 0 aliphatic carbocycles. The monoisotopic (exact) mass is 397 g/mol. The molecule has 0 atom stereocenters. The number of nitrogens with zero attached hydrogens (tertiary/aromatic N) is 4. The number of carbonyl (C=O) groups is 1. The Morgan fingerprint density at radius 3 is 2.55 bits per heavy atom. The Hall–Kier alpha value is -3.95. The van der Waals surface area contributed by atoms with Gasteiger partial charge in [0.1, 0.15) is 0 Å². The molecule has 0 bridgehead atoms. The normalized spacial score (nSPS) is 10.4. The Balaban J connectivity index is 2.09. The summed E-state index contributed by atoms with van der Waals surface area (Å²) in [5, 5.41) is 6.65. The van der Waals surface area contributed by atoms with Gasteiger partial charge in [0.05, 0.1) is 26.5 Å². The van der Waals surface area contributed by atoms with Crippen LogP contribution < -0.4 is 26.0 Å². The number of methoxy groups -OCH3 is 2. The van der Waals surface area contributed by atoms with Crippen molar-refractivity contribution in [3.8, 4) is 17.4 Å². The van der Waals surface area contributed by atoms with E-state index < -0.39 is 11.2 Å². The number of aromatic nitrogens is 4. The van der Waals surface area contributed by atoms with Gasteiger partial charge >= 0.3 is 11.2 Å². The smallest absolute Gasteiger partial charge is 0.352 e. The summed E-state index contributed by atoms with van der Waals surface area (Å²) in [5.74, 6) is -0.0754. The molecule has 0 aliphatic heterocycles. The summed E-state index contributed by atoms with van der Waals surface area (Å²) in [4.78, 5) is 41.0. The van der Waals surface area contributed by atoms with Gasteiger partial charge in [-0.25, -0.2) is 14.3 Å². The summed E-state index contributed by atoms with van der Waals surface area (Å²) in [7, 11) is 2.79. The van der Waals surface area contributed by atoms with Gasteiger partial charge in [0.25, 0.3) is 5.88 Å². The van der Waals surface area contributed by atoms with Gasteiger partial charge < -0.3 is 14.8 Å². The summed E-state index contributed by atoms with van der Waals surface area (Å²) < 4.78 is 12.1. The van der Waals surface area contributed by atoms with Crippen LogP contribution in [-0.4, -0.2) is 39.5 Å². The number of benzene rings is 1. The number of hydrogen-bond donors (Lipinski definition) is 1. The molecule has 150 valence electrons. The third kappa shape index (κ3) is 4.32. The zero-order valence-electron chi connectivity index (χ0n) is 16.1. The second-order valence-corrected chi connectivity index (χ2v) is 6.04. The minimum Gasteiger partial charge on any atom is -0.481 e. The van der Waals surface area contributed by atoms with Crippen molar-refractivity contribution in [2.75, 3.05) is 19.5 Å². The lowest BCUT2D eigenvalue weighted by atomic mass is 10.2. The molecule has 0 fully saturated rings. The molecule has 1 amide bonds. The van der Waals surface area contributed by atoms with Crippen molar-refractivity contribution in [3.05, 3.63) is 69.0 Å². The molecule has 10 heteroatoms. The minimum atomic E-state index is -0.664. The molecule has 29 heavy (non-hydrogen) atoms. The van der Waals surface area contributed by atoms with Gasteiger partial charge in [-0.1, -0.05) is 12.1 Å². The standard InChI is InChI=1S/C19H19N5O5/c1-12(25)21-14-5-4-6-15(9-14)24-19(27)23(18(26)17(22-24)29-3)11-13-7-8-16(28-2)20-10-13/h4-10H,11H2,1-3H3,(H,21,25). The maximum Gasteiger partial charge on any atom is 0.352 e. The molecule has 0 saturated heterocycles. The summed E-state index contributed by atoms with van der Waals surface area (Å²) in [5.41, 5.74) is 0.145. The molecule has 3 aromatic rings. The Kier molecular flexibility index (Phi) is 5.72. The highest BCUT2D eigenvalue weighted by Crippen LogP contribution is 2.13. The fourth-order valence-electron chi connectivity index (χ4n) is 2.66. The predicted molar refractivity (Wildman–Crippen MR) is 105 cm³/mol. The molecule has 2 heterocycles. The van der Waals surface area contributed by atoms with E-state index >= 15 is 0 Å². The third-order valence-corrected chi connectivity index (χ3v) is 3.98. The maximum atomic E-state index is 13.0. The maximum absolute atomic E-state index is 13.0. The Labute approximate surface area is 165 Å². The van der Waals surface area contributed by atoms with Crippen molar-refractivity contribution in [1.82, 2.24) is 19.3 Å². The highest BCUT2D eigenvalue weighted by atomic mass is 16.5. The number of rotatable bonds is 6. The lowest BCUT2D eigenvalue weighted by molar-refractivity contribution is -0.114. The predicted octanol–water partition coefficient (Wildman–Crippen LogP) is 0.813. The van der Waals surface area contributed by atoms with Crippen LogP contribution in [0, 0.1) is 0 Å². The molecule has 2 aromatic heterocycles. The van der Waals surface area contributed by atoms with Gasteiger partial charge in [-0.05, 0) is 23.8 Å². The Bertz CT molecular complexity index is 1150. The van der Waals surface area contributed by atoms with Crippen molar-refractivity contribution in [2.45, 2.75) is 13.5 Å². The molecule has 10 nitrogen and oxygen atoms in total. The van der Waals surface area contributed by atoms with Gasteiger partial charge in [0.2, 0.25) is 11.8 Å². The van der Waals surface area contributed by atoms with Gasteiger partial charge in [-0.3, -0.25) is 9.59 Å². The number of ether oxygens (including phenoxy) is 2. The Morgan fingerprint density at radius 1 is 1.14 bits per heavy atom. The quantitative estimate of drug-likeness (QED) is 0.654. The van der Waals surface area contributed by atoms with E-state index in [-0.39, 0.29) is 18.3 Å². The fraction of sp³-hybridized carbons (Fsp3) is 0.211. The second kappa shape index (κ2) is 8.38. The van der Waals surface area contributed by atoms with Crippen LogP contribution in [0.2, 0.25) is 0 Å². The van der Waals surface area contributed by atoms with E-state index in [1.165, 1.54) is 27.3 Å². The molecular weight excluding hydrogens is 378 g/mol. The van der Waals surface area contributed by atoms with Crippen LogP contribution in [0.5, 0.6) is 11.8 Å². The molecule has 0 unspecified atom stereocenters. The molecule has 1 aromatic carbocycles. The SMILES string of the molecule is COc1ccc(Cn2c(=O)c(OC)nn(-c3cccc(NC(C)=O)c3)c2=O)cn1. The second-order valence-electron chi connectivity index (χ2n) is 6.04. The largest absolute Gasteiger partial charge is 0.481 e. The molecule has 0 spiro atoms. The van der Waals surface area contributed by atoms with Crippen LogP contribution >= 0.6 is 0 Å². The van der Waals surface area contributed by atoms with E-state index in [0.29, 0.717) is 22.8 Å². The van der Waals surface area contributed by atoms with Gasteiger partial charge in [0.15, 0.2) is 0 Å². The van der Waals surface area contributed by atoms with Gasteiger partial charge in [-0.15, -0.1) is 5.10 Å². The zero-order valence-corrected chi connectivity index (χ0v) is 16.1. The molecular formula is C19H19N5O5. The number of nitrogens with one attached hydrogen (secondary N) is 1. The Morgan fingerprint density at radius 2 is 1.93 bits per heavy atom. The zero-order chi connectivity index (χ0) is 21.0. The van der Waals surface area contributed by atoms with E-state index in [2.05, 4.69) is 15.4 Å². The van der Waals surface area contributed by atoms with Crippen LogP contribution in [0.25, 0.3) is 5.69 Å². The van der Waals surface area contributed by atoms with E-state index in [9.17, 15) is 14.4 Å². The van der Waals surface area contributed by atoms with Crippen LogP contribution in [0.3, 0.4) is 0 Å². The van der Waals surface area contributed by atoms with E-state index in [1.807, 2.05) is 0 Å². The number of pyridine rings is 1. The number of carbonyl (C=O) groups excluding carboxylic acids is 1. The number of amides is 1. The van der Waals surface area contributed by atoms with Crippen LogP contribution in [0.1, 0.15) is 12.5 Å². The highest BCUT2D eigenvalue weighted by Gasteiger charge is 2.16. The average Bonchev–Trinajstić information content (AvgIpc) is 2.71. The summed E-state index contributed by atoms with van der Waals surface area (Å²) >= 11 is 0. The minimum absolute atomic E-state index is 0.0288. The van der Waals surface area contributed by atoms with Gasteiger partial charge in [0, 0.05) is 24.9 Å². The summed E-state index contributed by atoms with van der Waals surface area (Å²) in [6, 6.07) is 9.86. The molecule has 0 radical (unpaired) electrons. The molecule has 0 aliphatic rings.